The van der Waals surface area contributed by atoms with E-state index in [0.29, 0.717) is 6.42 Å². The van der Waals surface area contributed by atoms with Crippen LogP contribution < -0.4 is 4.90 Å². The van der Waals surface area contributed by atoms with Crippen LogP contribution in [0.5, 0.6) is 0 Å². The molecule has 0 saturated carbocycles. The number of benzene rings is 3. The molecule has 1 atom stereocenters. The van der Waals surface area contributed by atoms with E-state index in [0.717, 1.165) is 27.7 Å². The first-order valence-electron chi connectivity index (χ1n) is 10.6. The molecular weight excluding hydrogens is 488 g/mol. The quantitative estimate of drug-likeness (QED) is 0.462. The van der Waals surface area contributed by atoms with Gasteiger partial charge in [-0.3, -0.25) is 4.79 Å². The summed E-state index contributed by atoms with van der Waals surface area (Å²) in [5.74, 6) is -0.217. The van der Waals surface area contributed by atoms with E-state index >= 15 is 0 Å². The van der Waals surface area contributed by atoms with Gasteiger partial charge in [0.2, 0.25) is 15.9 Å². The Kier molecular flexibility index (Phi) is 6.79. The van der Waals surface area contributed by atoms with Gasteiger partial charge in [-0.25, -0.2) is 8.42 Å². The first-order valence-corrected chi connectivity index (χ1v) is 12.8. The first-order chi connectivity index (χ1) is 15.4. The van der Waals surface area contributed by atoms with Crippen molar-refractivity contribution in [1.29, 1.82) is 0 Å². The summed E-state index contributed by atoms with van der Waals surface area (Å²) < 4.78 is 29.1. The number of nitrogens with zero attached hydrogens (tertiary/aromatic N) is 2. The van der Waals surface area contributed by atoms with Crippen LogP contribution in [0.25, 0.3) is 0 Å². The van der Waals surface area contributed by atoms with Crippen LogP contribution in [0.15, 0.2) is 88.2 Å². The molecule has 5 nitrogen and oxygen atoms in total. The fourth-order valence-corrected chi connectivity index (χ4v) is 5.95. The summed E-state index contributed by atoms with van der Waals surface area (Å²) in [7, 11) is -3.82. The maximum Gasteiger partial charge on any atom is 0.243 e. The Balaban J connectivity index is 1.61. The lowest BCUT2D eigenvalue weighted by atomic mass is 10.1. The van der Waals surface area contributed by atoms with Crippen LogP contribution in [0.4, 0.5) is 5.69 Å². The van der Waals surface area contributed by atoms with Gasteiger partial charge in [0.25, 0.3) is 0 Å². The van der Waals surface area contributed by atoms with Gasteiger partial charge in [-0.1, -0.05) is 64.5 Å². The lowest BCUT2D eigenvalue weighted by Gasteiger charge is -2.27. The van der Waals surface area contributed by atoms with Gasteiger partial charge in [-0.05, 0) is 61.2 Å². The largest absolute Gasteiger partial charge is 0.308 e. The number of carbonyl (C=O) groups is 1. The summed E-state index contributed by atoms with van der Waals surface area (Å²) in [6.45, 7) is 2.01. The summed E-state index contributed by atoms with van der Waals surface area (Å²) in [5, 5.41) is 0. The molecule has 0 radical (unpaired) electrons. The third-order valence-electron chi connectivity index (χ3n) is 5.71. The highest BCUT2D eigenvalue weighted by molar-refractivity contribution is 9.10. The first kappa shape index (κ1) is 22.7. The van der Waals surface area contributed by atoms with Gasteiger partial charge < -0.3 is 4.90 Å². The molecule has 0 aromatic heterocycles. The molecule has 0 aliphatic carbocycles. The fraction of sp³-hybridized carbons (Fsp3) is 0.240. The third kappa shape index (κ3) is 4.80. The number of carbonyl (C=O) groups excluding carboxylic acids is 1. The van der Waals surface area contributed by atoms with Crippen molar-refractivity contribution in [2.75, 3.05) is 18.0 Å². The standard InChI is InChI=1S/C25H25BrN2O3S/c1-19-16-21-17-22(26)12-13-24(21)28(19)25(29)18-27(15-14-20-8-4-2-5-9-20)32(30,31)23-10-6-3-7-11-23/h2-13,17,19H,14-16,18H2,1H3/t19-/m0/s1. The second-order valence-corrected chi connectivity index (χ2v) is 10.8. The molecule has 1 amide bonds. The topological polar surface area (TPSA) is 57.7 Å². The van der Waals surface area contributed by atoms with Crippen molar-refractivity contribution in [3.05, 3.63) is 94.5 Å². The van der Waals surface area contributed by atoms with Crippen LogP contribution in [0.2, 0.25) is 0 Å². The number of hydrogen-bond acceptors (Lipinski definition) is 3. The Bertz CT molecular complexity index is 1200. The zero-order valence-electron chi connectivity index (χ0n) is 17.8. The van der Waals surface area contributed by atoms with E-state index in [2.05, 4.69) is 15.9 Å². The van der Waals surface area contributed by atoms with Crippen LogP contribution in [-0.4, -0.2) is 37.8 Å². The number of halogens is 1. The van der Waals surface area contributed by atoms with Crippen LogP contribution in [0.3, 0.4) is 0 Å². The highest BCUT2D eigenvalue weighted by Gasteiger charge is 2.34. The number of sulfonamides is 1. The Morgan fingerprint density at radius 3 is 2.38 bits per heavy atom. The monoisotopic (exact) mass is 512 g/mol. The number of fused-ring (bicyclic) bond motifs is 1. The van der Waals surface area contributed by atoms with Crippen molar-refractivity contribution in [2.45, 2.75) is 30.7 Å². The molecule has 3 aromatic rings. The zero-order chi connectivity index (χ0) is 22.7. The molecule has 0 saturated heterocycles. The Morgan fingerprint density at radius 2 is 1.69 bits per heavy atom. The molecule has 0 fully saturated rings. The van der Waals surface area contributed by atoms with E-state index in [4.69, 9.17) is 0 Å². The third-order valence-corrected chi connectivity index (χ3v) is 8.06. The second kappa shape index (κ2) is 9.57. The number of anilines is 1. The van der Waals surface area contributed by atoms with Crippen LogP contribution in [0.1, 0.15) is 18.1 Å². The minimum absolute atomic E-state index is 0.0257. The summed E-state index contributed by atoms with van der Waals surface area (Å²) in [5.41, 5.74) is 2.96. The Morgan fingerprint density at radius 1 is 1.03 bits per heavy atom. The molecule has 0 spiro atoms. The number of rotatable bonds is 7. The molecule has 0 N–H and O–H groups in total. The average Bonchev–Trinajstić information content (AvgIpc) is 3.12. The predicted octanol–water partition coefficient (Wildman–Crippen LogP) is 4.66. The Hall–Kier alpha value is -2.48. The van der Waals surface area contributed by atoms with E-state index in [9.17, 15) is 13.2 Å². The summed E-state index contributed by atoms with van der Waals surface area (Å²) in [4.78, 5) is 15.3. The van der Waals surface area contributed by atoms with E-state index in [1.165, 1.54) is 4.31 Å². The van der Waals surface area contributed by atoms with Crippen LogP contribution >= 0.6 is 15.9 Å². The smallest absolute Gasteiger partial charge is 0.243 e. The average molecular weight is 513 g/mol. The molecule has 1 heterocycles. The lowest BCUT2D eigenvalue weighted by molar-refractivity contribution is -0.119. The summed E-state index contributed by atoms with van der Waals surface area (Å²) in [6, 6.07) is 23.8. The molecule has 0 unspecified atom stereocenters. The molecule has 1 aliphatic rings. The molecule has 0 bridgehead atoms. The Labute approximate surface area is 197 Å². The number of amides is 1. The van der Waals surface area contributed by atoms with Crippen molar-refractivity contribution in [3.63, 3.8) is 0 Å². The zero-order valence-corrected chi connectivity index (χ0v) is 20.2. The molecule has 166 valence electrons. The minimum Gasteiger partial charge on any atom is -0.308 e. The van der Waals surface area contributed by atoms with E-state index < -0.39 is 10.0 Å². The molecule has 32 heavy (non-hydrogen) atoms. The van der Waals surface area contributed by atoms with Crippen LogP contribution in [-0.2, 0) is 27.7 Å². The molecule has 3 aromatic carbocycles. The normalized spacial score (nSPS) is 15.7. The van der Waals surface area contributed by atoms with Gasteiger partial charge in [0.05, 0.1) is 11.4 Å². The number of hydrogen-bond donors (Lipinski definition) is 0. The molecular formula is C25H25BrN2O3S. The minimum atomic E-state index is -3.82. The maximum absolute atomic E-state index is 13.4. The highest BCUT2D eigenvalue weighted by Crippen LogP contribution is 2.34. The lowest BCUT2D eigenvalue weighted by Crippen LogP contribution is -2.45. The summed E-state index contributed by atoms with van der Waals surface area (Å²) >= 11 is 3.49. The van der Waals surface area contributed by atoms with Crippen LogP contribution in [0, 0.1) is 0 Å². The van der Waals surface area contributed by atoms with Crippen molar-refractivity contribution in [3.8, 4) is 0 Å². The summed E-state index contributed by atoms with van der Waals surface area (Å²) in [6.07, 6.45) is 1.27. The molecule has 1 aliphatic heterocycles. The van der Waals surface area contributed by atoms with E-state index in [1.54, 1.807) is 35.2 Å². The van der Waals surface area contributed by atoms with Crippen molar-refractivity contribution >= 4 is 37.5 Å². The van der Waals surface area contributed by atoms with Crippen molar-refractivity contribution in [1.82, 2.24) is 4.31 Å². The van der Waals surface area contributed by atoms with Gasteiger partial charge in [0.1, 0.15) is 0 Å². The van der Waals surface area contributed by atoms with Gasteiger partial charge in [-0.2, -0.15) is 4.31 Å². The fourth-order valence-electron chi connectivity index (χ4n) is 4.13. The van der Waals surface area contributed by atoms with Gasteiger partial charge in [-0.15, -0.1) is 0 Å². The highest BCUT2D eigenvalue weighted by atomic mass is 79.9. The van der Waals surface area contributed by atoms with Gasteiger partial charge >= 0.3 is 0 Å². The van der Waals surface area contributed by atoms with Crippen molar-refractivity contribution < 1.29 is 13.2 Å². The van der Waals surface area contributed by atoms with Gasteiger partial charge in [0, 0.05) is 22.7 Å². The molecule has 7 heteroatoms. The SMILES string of the molecule is C[C@H]1Cc2cc(Br)ccc2N1C(=O)CN(CCc1ccccc1)S(=O)(=O)c1ccccc1. The van der Waals surface area contributed by atoms with E-state index in [-0.39, 0.29) is 29.9 Å². The van der Waals surface area contributed by atoms with Crippen molar-refractivity contribution in [2.24, 2.45) is 0 Å². The molecule has 4 rings (SSSR count). The van der Waals surface area contributed by atoms with Gasteiger partial charge in [0.15, 0.2) is 0 Å². The second-order valence-electron chi connectivity index (χ2n) is 7.98. The van der Waals surface area contributed by atoms with E-state index in [1.807, 2.05) is 55.5 Å². The predicted molar refractivity (Wildman–Crippen MR) is 130 cm³/mol. The maximum atomic E-state index is 13.4.